The van der Waals surface area contributed by atoms with E-state index in [1.165, 1.54) is 6.42 Å². The Bertz CT molecular complexity index is 910. The second-order valence-electron chi connectivity index (χ2n) is 7.50. The molecule has 1 atom stereocenters. The molecular formula is C20H26N6O. The van der Waals surface area contributed by atoms with E-state index >= 15 is 0 Å². The standard InChI is InChI=1S/C20H26N6O/c1-14-18(12-25(2)24-14)23-20(27)13-26-9-5-6-15(11-26)10-19-21-16-7-3-4-8-17(16)22-19/h3-4,7-8,12,15H,5-6,9-11,13H2,1-2H3,(H,21,22)(H,23,27)/t15-/m0/s1. The summed E-state index contributed by atoms with van der Waals surface area (Å²) >= 11 is 0. The van der Waals surface area contributed by atoms with Gasteiger partial charge in [-0.1, -0.05) is 12.1 Å². The van der Waals surface area contributed by atoms with Crippen molar-refractivity contribution in [2.75, 3.05) is 25.0 Å². The van der Waals surface area contributed by atoms with Gasteiger partial charge in [-0.05, 0) is 44.4 Å². The summed E-state index contributed by atoms with van der Waals surface area (Å²) in [4.78, 5) is 22.8. The topological polar surface area (TPSA) is 78.8 Å². The van der Waals surface area contributed by atoms with E-state index in [1.54, 1.807) is 4.68 Å². The molecule has 1 amide bonds. The molecule has 1 aromatic carbocycles. The average molecular weight is 366 g/mol. The van der Waals surface area contributed by atoms with Gasteiger partial charge in [0.15, 0.2) is 0 Å². The first-order valence-corrected chi connectivity index (χ1v) is 9.53. The van der Waals surface area contributed by atoms with Gasteiger partial charge in [0.25, 0.3) is 0 Å². The van der Waals surface area contributed by atoms with Crippen molar-refractivity contribution in [1.29, 1.82) is 0 Å². The number of benzene rings is 1. The number of rotatable bonds is 5. The highest BCUT2D eigenvalue weighted by atomic mass is 16.2. The van der Waals surface area contributed by atoms with Gasteiger partial charge in [-0.3, -0.25) is 14.4 Å². The van der Waals surface area contributed by atoms with Crippen LogP contribution in [0.3, 0.4) is 0 Å². The Hall–Kier alpha value is -2.67. The first-order chi connectivity index (χ1) is 13.1. The highest BCUT2D eigenvalue weighted by Crippen LogP contribution is 2.21. The molecular weight excluding hydrogens is 340 g/mol. The number of carbonyl (C=O) groups excluding carboxylic acids is 1. The normalized spacial score (nSPS) is 18.1. The minimum atomic E-state index is 0.0236. The fourth-order valence-electron chi connectivity index (χ4n) is 3.95. The summed E-state index contributed by atoms with van der Waals surface area (Å²) < 4.78 is 1.72. The number of aromatic nitrogens is 4. The molecule has 0 spiro atoms. The third-order valence-corrected chi connectivity index (χ3v) is 5.18. The summed E-state index contributed by atoms with van der Waals surface area (Å²) in [5.74, 6) is 1.58. The average Bonchev–Trinajstić information content (AvgIpc) is 3.17. The van der Waals surface area contributed by atoms with Crippen LogP contribution in [0.1, 0.15) is 24.4 Å². The van der Waals surface area contributed by atoms with Gasteiger partial charge < -0.3 is 10.3 Å². The smallest absolute Gasteiger partial charge is 0.238 e. The molecule has 1 aliphatic rings. The van der Waals surface area contributed by atoms with Crippen LogP contribution in [0.5, 0.6) is 0 Å². The number of nitrogens with one attached hydrogen (secondary N) is 2. The molecule has 0 aliphatic carbocycles. The number of H-pyrrole nitrogens is 1. The molecule has 1 fully saturated rings. The molecule has 142 valence electrons. The number of likely N-dealkylation sites (tertiary alicyclic amines) is 1. The van der Waals surface area contributed by atoms with Crippen LogP contribution in [0.15, 0.2) is 30.5 Å². The van der Waals surface area contributed by atoms with Crippen LogP contribution in [0.2, 0.25) is 0 Å². The van der Waals surface area contributed by atoms with Gasteiger partial charge in [-0.15, -0.1) is 0 Å². The molecule has 4 rings (SSSR count). The van der Waals surface area contributed by atoms with Gasteiger partial charge in [0.2, 0.25) is 5.91 Å². The summed E-state index contributed by atoms with van der Waals surface area (Å²) in [6, 6.07) is 8.13. The fraction of sp³-hybridized carbons (Fsp3) is 0.450. The zero-order chi connectivity index (χ0) is 18.8. The third kappa shape index (κ3) is 4.19. The van der Waals surface area contributed by atoms with Crippen molar-refractivity contribution in [2.24, 2.45) is 13.0 Å². The molecule has 3 aromatic rings. The Morgan fingerprint density at radius 2 is 2.22 bits per heavy atom. The van der Waals surface area contributed by atoms with Crippen LogP contribution < -0.4 is 5.32 Å². The maximum Gasteiger partial charge on any atom is 0.238 e. The SMILES string of the molecule is Cc1nn(C)cc1NC(=O)CN1CCC[C@@H](Cc2nc3ccccc3[nH]2)C1. The quantitative estimate of drug-likeness (QED) is 0.727. The van der Waals surface area contributed by atoms with Crippen molar-refractivity contribution >= 4 is 22.6 Å². The van der Waals surface area contributed by atoms with E-state index in [1.807, 2.05) is 38.4 Å². The number of fused-ring (bicyclic) bond motifs is 1. The molecule has 0 radical (unpaired) electrons. The molecule has 2 aromatic heterocycles. The zero-order valence-electron chi connectivity index (χ0n) is 15.9. The van der Waals surface area contributed by atoms with Crippen molar-refractivity contribution in [1.82, 2.24) is 24.6 Å². The van der Waals surface area contributed by atoms with E-state index in [0.717, 1.165) is 54.2 Å². The van der Waals surface area contributed by atoms with Gasteiger partial charge in [-0.25, -0.2) is 4.98 Å². The Balaban J connectivity index is 1.33. The second kappa shape index (κ2) is 7.52. The predicted octanol–water partition coefficient (Wildman–Crippen LogP) is 2.50. The van der Waals surface area contributed by atoms with Gasteiger partial charge in [0.1, 0.15) is 5.82 Å². The number of imidazole rings is 1. The number of nitrogens with zero attached hydrogens (tertiary/aromatic N) is 4. The largest absolute Gasteiger partial charge is 0.342 e. The highest BCUT2D eigenvalue weighted by Gasteiger charge is 2.23. The third-order valence-electron chi connectivity index (χ3n) is 5.18. The van der Waals surface area contributed by atoms with E-state index in [9.17, 15) is 4.79 Å². The van der Waals surface area contributed by atoms with E-state index in [2.05, 4.69) is 26.4 Å². The number of piperidine rings is 1. The number of amides is 1. The van der Waals surface area contributed by atoms with Gasteiger partial charge in [-0.2, -0.15) is 5.10 Å². The summed E-state index contributed by atoms with van der Waals surface area (Å²) in [5.41, 5.74) is 3.74. The summed E-state index contributed by atoms with van der Waals surface area (Å²) in [6.45, 7) is 4.22. The molecule has 27 heavy (non-hydrogen) atoms. The zero-order valence-corrected chi connectivity index (χ0v) is 15.9. The molecule has 0 saturated carbocycles. The van der Waals surface area contributed by atoms with Crippen LogP contribution in [0.25, 0.3) is 11.0 Å². The lowest BCUT2D eigenvalue weighted by Crippen LogP contribution is -2.41. The first-order valence-electron chi connectivity index (χ1n) is 9.53. The fourth-order valence-corrected chi connectivity index (χ4v) is 3.95. The number of anilines is 1. The molecule has 0 bridgehead atoms. The second-order valence-corrected chi connectivity index (χ2v) is 7.50. The molecule has 7 nitrogen and oxygen atoms in total. The van der Waals surface area contributed by atoms with Crippen LogP contribution >= 0.6 is 0 Å². The lowest BCUT2D eigenvalue weighted by atomic mass is 9.94. The molecule has 7 heteroatoms. The molecule has 3 heterocycles. The number of aryl methyl sites for hydroxylation is 2. The molecule has 0 unspecified atom stereocenters. The summed E-state index contributed by atoms with van der Waals surface area (Å²) in [5, 5.41) is 7.24. The maximum atomic E-state index is 12.4. The van der Waals surface area contributed by atoms with Gasteiger partial charge >= 0.3 is 0 Å². The Morgan fingerprint density at radius 3 is 3.00 bits per heavy atom. The molecule has 1 saturated heterocycles. The lowest BCUT2D eigenvalue weighted by molar-refractivity contribution is -0.117. The summed E-state index contributed by atoms with van der Waals surface area (Å²) in [6.07, 6.45) is 5.06. The molecule has 1 aliphatic heterocycles. The van der Waals surface area contributed by atoms with Crippen molar-refractivity contribution < 1.29 is 4.79 Å². The highest BCUT2D eigenvalue weighted by molar-refractivity contribution is 5.92. The number of carbonyl (C=O) groups is 1. The number of aromatic amines is 1. The van der Waals surface area contributed by atoms with Crippen LogP contribution in [0, 0.1) is 12.8 Å². The predicted molar refractivity (Wildman–Crippen MR) is 106 cm³/mol. The van der Waals surface area contributed by atoms with E-state index < -0.39 is 0 Å². The Kier molecular flexibility index (Phi) is 4.94. The van der Waals surface area contributed by atoms with E-state index in [4.69, 9.17) is 4.98 Å². The number of hydrogen-bond donors (Lipinski definition) is 2. The van der Waals surface area contributed by atoms with E-state index in [0.29, 0.717) is 12.5 Å². The Morgan fingerprint density at radius 1 is 1.37 bits per heavy atom. The summed E-state index contributed by atoms with van der Waals surface area (Å²) in [7, 11) is 1.86. The monoisotopic (exact) mass is 366 g/mol. The minimum Gasteiger partial charge on any atom is -0.342 e. The van der Waals surface area contributed by atoms with Gasteiger partial charge in [0, 0.05) is 26.2 Å². The van der Waals surface area contributed by atoms with E-state index in [-0.39, 0.29) is 5.91 Å². The van der Waals surface area contributed by atoms with Crippen LogP contribution in [-0.2, 0) is 18.3 Å². The number of hydrogen-bond acceptors (Lipinski definition) is 4. The van der Waals surface area contributed by atoms with Crippen molar-refractivity contribution in [3.05, 3.63) is 42.0 Å². The van der Waals surface area contributed by atoms with Crippen molar-refractivity contribution in [2.45, 2.75) is 26.2 Å². The van der Waals surface area contributed by atoms with Crippen LogP contribution in [-0.4, -0.2) is 50.2 Å². The Labute approximate surface area is 158 Å². The number of para-hydroxylation sites is 2. The maximum absolute atomic E-state index is 12.4. The lowest BCUT2D eigenvalue weighted by Gasteiger charge is -2.31. The first kappa shape index (κ1) is 17.7. The van der Waals surface area contributed by atoms with Crippen molar-refractivity contribution in [3.8, 4) is 0 Å². The minimum absolute atomic E-state index is 0.0236. The molecule has 2 N–H and O–H groups in total. The van der Waals surface area contributed by atoms with Gasteiger partial charge in [0.05, 0.1) is 29.0 Å². The van der Waals surface area contributed by atoms with Crippen molar-refractivity contribution in [3.63, 3.8) is 0 Å². The van der Waals surface area contributed by atoms with Crippen LogP contribution in [0.4, 0.5) is 5.69 Å².